The van der Waals surface area contributed by atoms with E-state index in [1.807, 2.05) is 37.3 Å². The first-order valence-electron chi connectivity index (χ1n) is 6.47. The van der Waals surface area contributed by atoms with Crippen LogP contribution in [0.25, 0.3) is 5.57 Å². The van der Waals surface area contributed by atoms with Gasteiger partial charge in [-0.05, 0) is 59.0 Å². The van der Waals surface area contributed by atoms with Gasteiger partial charge in [-0.15, -0.1) is 0 Å². The number of allylic oxidation sites excluding steroid dienone is 4. The number of hydrogen-bond donors (Lipinski definition) is 0. The van der Waals surface area contributed by atoms with Gasteiger partial charge in [-0.3, -0.25) is 4.79 Å². The molecule has 0 saturated heterocycles. The van der Waals surface area contributed by atoms with Crippen LogP contribution in [0.5, 0.6) is 0 Å². The van der Waals surface area contributed by atoms with Gasteiger partial charge in [0.05, 0.1) is 0 Å². The molecule has 0 N–H and O–H groups in total. The van der Waals surface area contributed by atoms with Gasteiger partial charge in [0.1, 0.15) is 5.82 Å². The van der Waals surface area contributed by atoms with E-state index in [-0.39, 0.29) is 11.6 Å². The van der Waals surface area contributed by atoms with Crippen LogP contribution in [0, 0.1) is 5.82 Å². The summed E-state index contributed by atoms with van der Waals surface area (Å²) in [6, 6.07) is 15.3. The second-order valence-corrected chi connectivity index (χ2v) is 5.71. The summed E-state index contributed by atoms with van der Waals surface area (Å²) in [6.07, 6.45) is 3.27. The van der Waals surface area contributed by atoms with Crippen molar-refractivity contribution >= 4 is 27.3 Å². The zero-order valence-electron chi connectivity index (χ0n) is 11.5. The molecule has 1 nitrogen and oxygen atoms in total. The summed E-state index contributed by atoms with van der Waals surface area (Å²) < 4.78 is 13.8. The maximum Gasteiger partial charge on any atom is 0.185 e. The van der Waals surface area contributed by atoms with Crippen molar-refractivity contribution in [3.8, 4) is 0 Å². The summed E-state index contributed by atoms with van der Waals surface area (Å²) in [7, 11) is 0. The molecule has 2 aromatic rings. The Morgan fingerprint density at radius 3 is 2.14 bits per heavy atom. The average Bonchev–Trinajstić information content (AvgIpc) is 2.48. The Hall–Kier alpha value is -2.00. The van der Waals surface area contributed by atoms with E-state index in [2.05, 4.69) is 15.9 Å². The lowest BCUT2D eigenvalue weighted by Crippen LogP contribution is -1.94. The van der Waals surface area contributed by atoms with E-state index in [0.29, 0.717) is 5.56 Å². The Kier molecular flexibility index (Phi) is 5.23. The summed E-state index contributed by atoms with van der Waals surface area (Å²) >= 11 is 3.46. The van der Waals surface area contributed by atoms with E-state index in [4.69, 9.17) is 0 Å². The lowest BCUT2D eigenvalue weighted by molar-refractivity contribution is 0.104. The molecular formula is C18H14BrFO. The molecule has 0 bridgehead atoms. The van der Waals surface area contributed by atoms with Gasteiger partial charge in [-0.25, -0.2) is 4.39 Å². The molecule has 21 heavy (non-hydrogen) atoms. The maximum absolute atomic E-state index is 12.8. The summed E-state index contributed by atoms with van der Waals surface area (Å²) in [5.41, 5.74) is 2.42. The number of benzene rings is 2. The number of carbonyl (C=O) groups is 1. The molecule has 0 heterocycles. The Morgan fingerprint density at radius 2 is 1.57 bits per heavy atom. The molecule has 0 atom stereocenters. The molecule has 2 rings (SSSR count). The van der Waals surface area contributed by atoms with Crippen LogP contribution in [0.2, 0.25) is 0 Å². The largest absolute Gasteiger partial charge is 0.289 e. The second kappa shape index (κ2) is 7.14. The number of ketones is 1. The van der Waals surface area contributed by atoms with Crippen molar-refractivity contribution in [2.75, 3.05) is 0 Å². The molecule has 0 spiro atoms. The molecule has 0 saturated carbocycles. The molecule has 0 amide bonds. The zero-order valence-corrected chi connectivity index (χ0v) is 13.1. The van der Waals surface area contributed by atoms with Crippen LogP contribution in [0.15, 0.2) is 71.2 Å². The molecule has 106 valence electrons. The molecular weight excluding hydrogens is 331 g/mol. The lowest BCUT2D eigenvalue weighted by Gasteiger charge is -2.04. The highest BCUT2D eigenvalue weighted by molar-refractivity contribution is 9.11. The van der Waals surface area contributed by atoms with Crippen LogP contribution in [0.3, 0.4) is 0 Å². The second-order valence-electron chi connectivity index (χ2n) is 4.52. The molecule has 0 fully saturated rings. The standard InChI is InChI=1S/C18H14BrFO/c1-13(19)17(14-5-3-2-4-6-14)11-12-18(21)15-7-9-16(20)10-8-15/h2-12H,1H3/b12-11+,17-13-. The Morgan fingerprint density at radius 1 is 0.952 bits per heavy atom. The minimum absolute atomic E-state index is 0.155. The smallest absolute Gasteiger partial charge is 0.185 e. The van der Waals surface area contributed by atoms with Crippen molar-refractivity contribution in [3.05, 3.63) is 88.2 Å². The molecule has 2 aromatic carbocycles. The van der Waals surface area contributed by atoms with Crippen molar-refractivity contribution in [2.24, 2.45) is 0 Å². The molecule has 0 aromatic heterocycles. The van der Waals surface area contributed by atoms with Gasteiger partial charge in [-0.1, -0.05) is 46.3 Å². The van der Waals surface area contributed by atoms with Gasteiger partial charge >= 0.3 is 0 Å². The number of rotatable bonds is 4. The van der Waals surface area contributed by atoms with Gasteiger partial charge in [0, 0.05) is 5.56 Å². The lowest BCUT2D eigenvalue weighted by atomic mass is 10.0. The SMILES string of the molecule is C/C(Br)=C(\C=C\C(=O)c1ccc(F)cc1)c1ccccc1. The number of halogens is 2. The van der Waals surface area contributed by atoms with Gasteiger partial charge in [0.15, 0.2) is 5.78 Å². The van der Waals surface area contributed by atoms with E-state index in [0.717, 1.165) is 15.6 Å². The third-order valence-electron chi connectivity index (χ3n) is 2.99. The summed E-state index contributed by atoms with van der Waals surface area (Å²) in [4.78, 5) is 12.1. The summed E-state index contributed by atoms with van der Waals surface area (Å²) in [6.45, 7) is 1.93. The number of hydrogen-bond acceptors (Lipinski definition) is 1. The van der Waals surface area contributed by atoms with Crippen molar-refractivity contribution < 1.29 is 9.18 Å². The van der Waals surface area contributed by atoms with Gasteiger partial charge < -0.3 is 0 Å². The topological polar surface area (TPSA) is 17.1 Å². The predicted octanol–water partition coefficient (Wildman–Crippen LogP) is 5.39. The van der Waals surface area contributed by atoms with Gasteiger partial charge in [-0.2, -0.15) is 0 Å². The first kappa shape index (κ1) is 15.4. The summed E-state index contributed by atoms with van der Waals surface area (Å²) in [5, 5.41) is 0. The highest BCUT2D eigenvalue weighted by atomic mass is 79.9. The minimum Gasteiger partial charge on any atom is -0.289 e. The Bertz CT molecular complexity index is 681. The number of carbonyl (C=O) groups excluding carboxylic acids is 1. The van der Waals surface area contributed by atoms with E-state index < -0.39 is 0 Å². The Labute approximate surface area is 131 Å². The summed E-state index contributed by atoms with van der Waals surface area (Å²) in [5.74, 6) is -0.506. The minimum atomic E-state index is -0.350. The van der Waals surface area contributed by atoms with E-state index in [1.54, 1.807) is 6.08 Å². The molecule has 0 radical (unpaired) electrons. The fourth-order valence-electron chi connectivity index (χ4n) is 1.90. The van der Waals surface area contributed by atoms with Crippen LogP contribution < -0.4 is 0 Å². The van der Waals surface area contributed by atoms with Crippen molar-refractivity contribution in [3.63, 3.8) is 0 Å². The molecule has 0 unspecified atom stereocenters. The molecule has 0 aliphatic heterocycles. The first-order chi connectivity index (χ1) is 10.1. The van der Waals surface area contributed by atoms with Crippen molar-refractivity contribution in [1.82, 2.24) is 0 Å². The van der Waals surface area contributed by atoms with Crippen molar-refractivity contribution in [2.45, 2.75) is 6.92 Å². The predicted molar refractivity (Wildman–Crippen MR) is 87.8 cm³/mol. The van der Waals surface area contributed by atoms with Crippen LogP contribution in [0.1, 0.15) is 22.8 Å². The fourth-order valence-corrected chi connectivity index (χ4v) is 2.26. The van der Waals surface area contributed by atoms with Crippen molar-refractivity contribution in [1.29, 1.82) is 0 Å². The van der Waals surface area contributed by atoms with E-state index >= 15 is 0 Å². The maximum atomic E-state index is 12.8. The highest BCUT2D eigenvalue weighted by Gasteiger charge is 2.04. The van der Waals surface area contributed by atoms with Crippen LogP contribution in [0.4, 0.5) is 4.39 Å². The monoisotopic (exact) mass is 344 g/mol. The van der Waals surface area contributed by atoms with E-state index in [1.165, 1.54) is 30.3 Å². The molecule has 3 heteroatoms. The fraction of sp³-hybridized carbons (Fsp3) is 0.0556. The van der Waals surface area contributed by atoms with Gasteiger partial charge in [0.25, 0.3) is 0 Å². The average molecular weight is 345 g/mol. The zero-order chi connectivity index (χ0) is 15.2. The third-order valence-corrected chi connectivity index (χ3v) is 3.41. The first-order valence-corrected chi connectivity index (χ1v) is 7.27. The van der Waals surface area contributed by atoms with Crippen LogP contribution >= 0.6 is 15.9 Å². The normalized spacial score (nSPS) is 12.3. The van der Waals surface area contributed by atoms with Crippen LogP contribution in [-0.4, -0.2) is 5.78 Å². The van der Waals surface area contributed by atoms with Gasteiger partial charge in [0.2, 0.25) is 0 Å². The quantitative estimate of drug-likeness (QED) is 0.412. The molecule has 0 aliphatic carbocycles. The van der Waals surface area contributed by atoms with Crippen LogP contribution in [-0.2, 0) is 0 Å². The molecule has 0 aliphatic rings. The Balaban J connectivity index is 2.24. The third kappa shape index (κ3) is 4.23. The highest BCUT2D eigenvalue weighted by Crippen LogP contribution is 2.23. The van der Waals surface area contributed by atoms with E-state index in [9.17, 15) is 9.18 Å².